The molecule has 2 aromatic carbocycles. The average Bonchev–Trinajstić information content (AvgIpc) is 2.81. The Morgan fingerprint density at radius 2 is 1.86 bits per heavy atom. The third-order valence-corrected chi connectivity index (χ3v) is 3.08. The number of Topliss-reactive ketones (excluding diaryl/α,β-unsaturated/α-hetero) is 1. The van der Waals surface area contributed by atoms with Crippen LogP contribution < -0.4 is 0 Å². The van der Waals surface area contributed by atoms with Crippen LogP contribution >= 0.6 is 0 Å². The van der Waals surface area contributed by atoms with Crippen molar-refractivity contribution >= 4 is 16.9 Å². The molecule has 3 nitrogen and oxygen atoms in total. The number of ketones is 1. The fourth-order valence-electron chi connectivity index (χ4n) is 2.09. The van der Waals surface area contributed by atoms with E-state index >= 15 is 0 Å². The predicted octanol–water partition coefficient (Wildman–Crippen LogP) is 3.94. The zero-order chi connectivity index (χ0) is 14.1. The number of hydrogen-bond donors (Lipinski definition) is 0. The summed E-state index contributed by atoms with van der Waals surface area (Å²) in [7, 11) is 0. The molecule has 0 aliphatic carbocycles. The summed E-state index contributed by atoms with van der Waals surface area (Å²) >= 11 is 0. The van der Waals surface area contributed by atoms with Crippen LogP contribution in [0.15, 0.2) is 46.9 Å². The van der Waals surface area contributed by atoms with E-state index in [0.29, 0.717) is 5.89 Å². The molecule has 1 heterocycles. The van der Waals surface area contributed by atoms with Crippen molar-refractivity contribution in [3.05, 3.63) is 60.0 Å². The van der Waals surface area contributed by atoms with Gasteiger partial charge in [0.15, 0.2) is 0 Å². The SMILES string of the molecule is CC(=O)[CH-]c1ccc2oc(-c3ccc(C)cc3)nc2c1.[Y]. The van der Waals surface area contributed by atoms with Crippen LogP contribution in [0.3, 0.4) is 0 Å². The Bertz CT molecular complexity index is 775. The summed E-state index contributed by atoms with van der Waals surface area (Å²) in [4.78, 5) is 15.6. The zero-order valence-corrected chi connectivity index (χ0v) is 14.8. The molecule has 3 rings (SSSR count). The van der Waals surface area contributed by atoms with E-state index in [1.807, 2.05) is 49.4 Å². The fraction of sp³-hybridized carbons (Fsp3) is 0.118. The molecular formula is C17H14NO2Y-. The molecule has 1 aromatic heterocycles. The number of aryl methyl sites for hydroxylation is 1. The molecule has 21 heavy (non-hydrogen) atoms. The zero-order valence-electron chi connectivity index (χ0n) is 12.0. The maximum atomic E-state index is 11.1. The Hall–Kier alpha value is -1.45. The van der Waals surface area contributed by atoms with Gasteiger partial charge in [-0.25, -0.2) is 4.98 Å². The van der Waals surface area contributed by atoms with Crippen molar-refractivity contribution < 1.29 is 41.9 Å². The van der Waals surface area contributed by atoms with Crippen molar-refractivity contribution in [3.63, 3.8) is 0 Å². The Morgan fingerprint density at radius 3 is 2.52 bits per heavy atom. The number of hydrogen-bond acceptors (Lipinski definition) is 3. The second-order valence-electron chi connectivity index (χ2n) is 4.87. The van der Waals surface area contributed by atoms with Gasteiger partial charge in [0, 0.05) is 38.3 Å². The summed E-state index contributed by atoms with van der Waals surface area (Å²) in [5.41, 5.74) is 4.47. The van der Waals surface area contributed by atoms with Crippen molar-refractivity contribution in [2.24, 2.45) is 0 Å². The molecule has 1 radical (unpaired) electrons. The van der Waals surface area contributed by atoms with Crippen LogP contribution in [0.2, 0.25) is 0 Å². The number of rotatable bonds is 3. The van der Waals surface area contributed by atoms with Gasteiger partial charge in [0.25, 0.3) is 0 Å². The summed E-state index contributed by atoms with van der Waals surface area (Å²) in [5.74, 6) is 0.617. The molecule has 4 heteroatoms. The first-order chi connectivity index (χ1) is 9.61. The Morgan fingerprint density at radius 1 is 1.14 bits per heavy atom. The smallest absolute Gasteiger partial charge is 0.226 e. The van der Waals surface area contributed by atoms with Crippen LogP contribution in [0.4, 0.5) is 0 Å². The predicted molar refractivity (Wildman–Crippen MR) is 78.3 cm³/mol. The van der Waals surface area contributed by atoms with Crippen LogP contribution in [0, 0.1) is 13.3 Å². The summed E-state index contributed by atoms with van der Waals surface area (Å²) < 4.78 is 5.74. The van der Waals surface area contributed by atoms with Gasteiger partial charge in [-0.1, -0.05) is 23.8 Å². The number of fused-ring (bicyclic) bond motifs is 1. The number of aromatic nitrogens is 1. The van der Waals surface area contributed by atoms with Gasteiger partial charge in [0.2, 0.25) is 5.89 Å². The molecule has 0 atom stereocenters. The van der Waals surface area contributed by atoms with Crippen molar-refractivity contribution in [1.29, 1.82) is 0 Å². The standard InChI is InChI=1S/C17H14NO2.Y/c1-11-3-6-14(7-4-11)17-18-15-10-13(9-12(2)19)5-8-16(15)20-17;/h3-10H,1-2H3;/q-1;. The Labute approximate surface area is 148 Å². The summed E-state index contributed by atoms with van der Waals surface area (Å²) in [6.07, 6.45) is 1.58. The van der Waals surface area contributed by atoms with Gasteiger partial charge >= 0.3 is 0 Å². The number of carbonyl (C=O) groups is 1. The summed E-state index contributed by atoms with van der Waals surface area (Å²) in [5, 5.41) is 0. The van der Waals surface area contributed by atoms with Gasteiger partial charge in [-0.15, -0.1) is 12.5 Å². The Kier molecular flexibility index (Phi) is 4.97. The minimum Gasteiger partial charge on any atom is -0.438 e. The second kappa shape index (κ2) is 6.55. The Balaban J connectivity index is 0.00000161. The van der Waals surface area contributed by atoms with Gasteiger partial charge in [-0.2, -0.15) is 11.6 Å². The largest absolute Gasteiger partial charge is 0.438 e. The first kappa shape index (κ1) is 15.9. The molecule has 0 saturated heterocycles. The minimum absolute atomic E-state index is 0. The molecule has 0 aliphatic rings. The molecule has 0 fully saturated rings. The molecule has 0 saturated carbocycles. The van der Waals surface area contributed by atoms with Gasteiger partial charge in [-0.05, 0) is 26.0 Å². The molecule has 103 valence electrons. The maximum absolute atomic E-state index is 11.1. The quantitative estimate of drug-likeness (QED) is 0.670. The topological polar surface area (TPSA) is 43.1 Å². The van der Waals surface area contributed by atoms with Crippen LogP contribution in [0.1, 0.15) is 18.1 Å². The van der Waals surface area contributed by atoms with Gasteiger partial charge < -0.3 is 9.21 Å². The molecule has 3 aromatic rings. The summed E-state index contributed by atoms with van der Waals surface area (Å²) in [6, 6.07) is 13.6. The van der Waals surface area contributed by atoms with Gasteiger partial charge in [0.1, 0.15) is 5.58 Å². The van der Waals surface area contributed by atoms with E-state index in [0.717, 1.165) is 22.2 Å². The van der Waals surface area contributed by atoms with Crippen molar-refractivity contribution in [2.75, 3.05) is 0 Å². The second-order valence-corrected chi connectivity index (χ2v) is 4.87. The first-order valence-electron chi connectivity index (χ1n) is 6.45. The van der Waals surface area contributed by atoms with Gasteiger partial charge in [0.05, 0.1) is 11.3 Å². The molecule has 0 aliphatic heterocycles. The van der Waals surface area contributed by atoms with Gasteiger partial charge in [-0.3, -0.25) is 0 Å². The third kappa shape index (κ3) is 3.61. The van der Waals surface area contributed by atoms with E-state index < -0.39 is 0 Å². The van der Waals surface area contributed by atoms with Crippen molar-refractivity contribution in [1.82, 2.24) is 4.98 Å². The fourth-order valence-corrected chi connectivity index (χ4v) is 2.09. The van der Waals surface area contributed by atoms with Crippen molar-refractivity contribution in [3.8, 4) is 11.5 Å². The first-order valence-corrected chi connectivity index (χ1v) is 6.45. The minimum atomic E-state index is 0. The van der Waals surface area contributed by atoms with E-state index in [1.54, 1.807) is 6.42 Å². The average molecular weight is 353 g/mol. The van der Waals surface area contributed by atoms with Crippen LogP contribution in [-0.4, -0.2) is 10.8 Å². The number of oxazole rings is 1. The molecule has 0 spiro atoms. The van der Waals surface area contributed by atoms with E-state index in [-0.39, 0.29) is 38.5 Å². The third-order valence-electron chi connectivity index (χ3n) is 3.08. The van der Waals surface area contributed by atoms with E-state index in [1.165, 1.54) is 12.5 Å². The van der Waals surface area contributed by atoms with Crippen molar-refractivity contribution in [2.45, 2.75) is 13.8 Å². The molecule has 0 N–H and O–H groups in total. The summed E-state index contributed by atoms with van der Waals surface area (Å²) in [6.45, 7) is 3.57. The molecular weight excluding hydrogens is 339 g/mol. The normalized spacial score (nSPS) is 10.2. The number of carbonyl (C=O) groups excluding carboxylic acids is 1. The van der Waals surface area contributed by atoms with Crippen LogP contribution in [0.25, 0.3) is 22.6 Å². The number of benzene rings is 2. The number of nitrogens with zero attached hydrogens (tertiary/aromatic N) is 1. The van der Waals surface area contributed by atoms with E-state index in [4.69, 9.17) is 4.42 Å². The molecule has 0 unspecified atom stereocenters. The monoisotopic (exact) mass is 353 g/mol. The van der Waals surface area contributed by atoms with Crippen LogP contribution in [-0.2, 0) is 37.5 Å². The maximum Gasteiger partial charge on any atom is 0.226 e. The molecule has 0 bridgehead atoms. The van der Waals surface area contributed by atoms with E-state index in [9.17, 15) is 4.79 Å². The molecule has 0 amide bonds. The van der Waals surface area contributed by atoms with Crippen LogP contribution in [0.5, 0.6) is 0 Å². The van der Waals surface area contributed by atoms with E-state index in [2.05, 4.69) is 4.98 Å².